The number of amides is 2. The molecule has 0 radical (unpaired) electrons. The summed E-state index contributed by atoms with van der Waals surface area (Å²) in [5, 5.41) is 5.25. The number of hydrogen-bond acceptors (Lipinski definition) is 3. The van der Waals surface area contributed by atoms with Crippen LogP contribution in [-0.4, -0.2) is 42.4 Å². The molecule has 2 aromatic carbocycles. The van der Waals surface area contributed by atoms with Gasteiger partial charge in [-0.2, -0.15) is 0 Å². The van der Waals surface area contributed by atoms with Crippen LogP contribution in [0.2, 0.25) is 0 Å². The molecular formula is C23H29N3O2. The molecule has 1 aliphatic carbocycles. The molecule has 4 rings (SSSR count). The van der Waals surface area contributed by atoms with E-state index in [1.165, 1.54) is 0 Å². The summed E-state index contributed by atoms with van der Waals surface area (Å²) in [5.41, 5.74) is 6.48. The van der Waals surface area contributed by atoms with Crippen molar-refractivity contribution < 1.29 is 9.59 Å². The van der Waals surface area contributed by atoms with Crippen LogP contribution in [-0.2, 0) is 4.79 Å². The normalized spacial score (nSPS) is 25.0. The first kappa shape index (κ1) is 18.9. The van der Waals surface area contributed by atoms with Crippen LogP contribution >= 0.6 is 0 Å². The second kappa shape index (κ2) is 8.31. The maximum absolute atomic E-state index is 13.2. The maximum Gasteiger partial charge on any atom is 0.254 e. The molecule has 148 valence electrons. The standard InChI is InChI=1S/C23H29N3O2/c24-14-16-10-11-19(13-16)25-22(27)18-7-4-12-26(15-18)23(28)21-9-3-6-17-5-1-2-8-20(17)21/h1-3,5-6,8-9,16,18-19H,4,7,10-15,24H2,(H,25,27). The number of piperidine rings is 1. The Labute approximate surface area is 166 Å². The van der Waals surface area contributed by atoms with Gasteiger partial charge in [-0.3, -0.25) is 9.59 Å². The lowest BCUT2D eigenvalue weighted by Gasteiger charge is -2.33. The fourth-order valence-electron chi connectivity index (χ4n) is 4.70. The van der Waals surface area contributed by atoms with Crippen molar-refractivity contribution in [2.45, 2.75) is 38.1 Å². The van der Waals surface area contributed by atoms with Crippen molar-refractivity contribution in [3.05, 3.63) is 48.0 Å². The van der Waals surface area contributed by atoms with E-state index in [9.17, 15) is 9.59 Å². The van der Waals surface area contributed by atoms with Gasteiger partial charge in [0.05, 0.1) is 5.92 Å². The van der Waals surface area contributed by atoms with Crippen molar-refractivity contribution in [1.82, 2.24) is 10.2 Å². The topological polar surface area (TPSA) is 75.4 Å². The van der Waals surface area contributed by atoms with E-state index < -0.39 is 0 Å². The van der Waals surface area contributed by atoms with Crippen molar-refractivity contribution in [3.63, 3.8) is 0 Å². The van der Waals surface area contributed by atoms with Crippen LogP contribution in [0, 0.1) is 11.8 Å². The van der Waals surface area contributed by atoms with Crippen LogP contribution in [0.1, 0.15) is 42.5 Å². The van der Waals surface area contributed by atoms with Gasteiger partial charge in [-0.25, -0.2) is 0 Å². The van der Waals surface area contributed by atoms with E-state index >= 15 is 0 Å². The highest BCUT2D eigenvalue weighted by molar-refractivity contribution is 6.07. The molecule has 3 atom stereocenters. The van der Waals surface area contributed by atoms with Gasteiger partial charge >= 0.3 is 0 Å². The smallest absolute Gasteiger partial charge is 0.254 e. The van der Waals surface area contributed by atoms with Gasteiger partial charge in [-0.15, -0.1) is 0 Å². The summed E-state index contributed by atoms with van der Waals surface area (Å²) in [4.78, 5) is 27.8. The average molecular weight is 380 g/mol. The van der Waals surface area contributed by atoms with Gasteiger partial charge in [0.2, 0.25) is 5.91 Å². The summed E-state index contributed by atoms with van der Waals surface area (Å²) in [6, 6.07) is 14.0. The predicted octanol–water partition coefficient (Wildman–Crippen LogP) is 2.94. The first-order chi connectivity index (χ1) is 13.7. The van der Waals surface area contributed by atoms with Crippen LogP contribution < -0.4 is 11.1 Å². The third kappa shape index (κ3) is 3.90. The van der Waals surface area contributed by atoms with Gasteiger partial charge in [-0.1, -0.05) is 36.4 Å². The minimum Gasteiger partial charge on any atom is -0.353 e. The fraction of sp³-hybridized carbons (Fsp3) is 0.478. The second-order valence-corrected chi connectivity index (χ2v) is 8.24. The molecule has 3 N–H and O–H groups in total. The third-order valence-corrected chi connectivity index (χ3v) is 6.32. The Morgan fingerprint density at radius 2 is 1.89 bits per heavy atom. The Kier molecular flexibility index (Phi) is 5.62. The average Bonchev–Trinajstić information content (AvgIpc) is 3.20. The number of rotatable bonds is 4. The number of carbonyl (C=O) groups is 2. The van der Waals surface area contributed by atoms with E-state index in [0.29, 0.717) is 25.6 Å². The summed E-state index contributed by atoms with van der Waals surface area (Å²) in [6.45, 7) is 1.91. The van der Waals surface area contributed by atoms with Crippen molar-refractivity contribution >= 4 is 22.6 Å². The van der Waals surface area contributed by atoms with Crippen molar-refractivity contribution in [2.75, 3.05) is 19.6 Å². The van der Waals surface area contributed by atoms with Crippen LogP contribution in [0.15, 0.2) is 42.5 Å². The van der Waals surface area contributed by atoms with E-state index in [-0.39, 0.29) is 23.8 Å². The van der Waals surface area contributed by atoms with E-state index in [0.717, 1.165) is 48.4 Å². The lowest BCUT2D eigenvalue weighted by molar-refractivity contribution is -0.127. The monoisotopic (exact) mass is 379 g/mol. The van der Waals surface area contributed by atoms with Gasteiger partial charge in [0.25, 0.3) is 5.91 Å². The van der Waals surface area contributed by atoms with Crippen LogP contribution in [0.25, 0.3) is 10.8 Å². The Hall–Kier alpha value is -2.40. The van der Waals surface area contributed by atoms with Crippen LogP contribution in [0.5, 0.6) is 0 Å². The number of likely N-dealkylation sites (tertiary alicyclic amines) is 1. The molecule has 1 saturated heterocycles. The molecule has 2 aromatic rings. The number of benzene rings is 2. The number of hydrogen-bond donors (Lipinski definition) is 2. The molecule has 2 aliphatic rings. The number of nitrogens with one attached hydrogen (secondary N) is 1. The van der Waals surface area contributed by atoms with E-state index in [1.807, 2.05) is 47.4 Å². The molecule has 1 aliphatic heterocycles. The van der Waals surface area contributed by atoms with Crippen molar-refractivity contribution in [1.29, 1.82) is 0 Å². The summed E-state index contributed by atoms with van der Waals surface area (Å²) >= 11 is 0. The third-order valence-electron chi connectivity index (χ3n) is 6.32. The minimum absolute atomic E-state index is 0.0263. The van der Waals surface area contributed by atoms with Gasteiger partial charge < -0.3 is 16.0 Å². The highest BCUT2D eigenvalue weighted by atomic mass is 16.2. The van der Waals surface area contributed by atoms with Crippen LogP contribution in [0.3, 0.4) is 0 Å². The molecule has 28 heavy (non-hydrogen) atoms. The summed E-state index contributed by atoms with van der Waals surface area (Å²) in [7, 11) is 0. The van der Waals surface area contributed by atoms with E-state index in [1.54, 1.807) is 0 Å². The highest BCUT2D eigenvalue weighted by Gasteiger charge is 2.32. The number of carbonyl (C=O) groups excluding carboxylic acids is 2. The Balaban J connectivity index is 1.43. The lowest BCUT2D eigenvalue weighted by Crippen LogP contribution is -2.47. The first-order valence-electron chi connectivity index (χ1n) is 10.4. The first-order valence-corrected chi connectivity index (χ1v) is 10.4. The molecule has 3 unspecified atom stereocenters. The van der Waals surface area contributed by atoms with Gasteiger partial charge in [0, 0.05) is 24.7 Å². The van der Waals surface area contributed by atoms with Gasteiger partial charge in [-0.05, 0) is 61.4 Å². The SMILES string of the molecule is NCC1CCC(NC(=O)C2CCCN(C(=O)c3cccc4ccccc34)C2)C1. The summed E-state index contributed by atoms with van der Waals surface area (Å²) in [6.07, 6.45) is 4.80. The van der Waals surface area contributed by atoms with E-state index in [4.69, 9.17) is 5.73 Å². The molecule has 5 nitrogen and oxygen atoms in total. The largest absolute Gasteiger partial charge is 0.353 e. The fourth-order valence-corrected chi connectivity index (χ4v) is 4.70. The maximum atomic E-state index is 13.2. The molecule has 2 amide bonds. The number of nitrogens with zero attached hydrogens (tertiary/aromatic N) is 1. The molecule has 1 heterocycles. The van der Waals surface area contributed by atoms with Gasteiger partial charge in [0.1, 0.15) is 0 Å². The highest BCUT2D eigenvalue weighted by Crippen LogP contribution is 2.26. The Bertz CT molecular complexity index is 861. The predicted molar refractivity (Wildman–Crippen MR) is 111 cm³/mol. The van der Waals surface area contributed by atoms with Gasteiger partial charge in [0.15, 0.2) is 0 Å². The number of nitrogens with two attached hydrogens (primary N) is 1. The molecular weight excluding hydrogens is 350 g/mol. The zero-order chi connectivity index (χ0) is 19.5. The molecule has 0 aromatic heterocycles. The zero-order valence-corrected chi connectivity index (χ0v) is 16.3. The molecule has 0 bridgehead atoms. The van der Waals surface area contributed by atoms with Crippen molar-refractivity contribution in [3.8, 4) is 0 Å². The molecule has 5 heteroatoms. The molecule has 2 fully saturated rings. The van der Waals surface area contributed by atoms with Crippen molar-refractivity contribution in [2.24, 2.45) is 17.6 Å². The minimum atomic E-state index is -0.121. The van der Waals surface area contributed by atoms with Crippen LogP contribution in [0.4, 0.5) is 0 Å². The van der Waals surface area contributed by atoms with E-state index in [2.05, 4.69) is 5.32 Å². The summed E-state index contributed by atoms with van der Waals surface area (Å²) in [5.74, 6) is 0.530. The second-order valence-electron chi connectivity index (χ2n) is 8.24. The molecule has 0 spiro atoms. The molecule has 1 saturated carbocycles. The zero-order valence-electron chi connectivity index (χ0n) is 16.3. The quantitative estimate of drug-likeness (QED) is 0.858. The Morgan fingerprint density at radius 3 is 2.71 bits per heavy atom. The summed E-state index contributed by atoms with van der Waals surface area (Å²) < 4.78 is 0. The Morgan fingerprint density at radius 1 is 1.07 bits per heavy atom. The lowest BCUT2D eigenvalue weighted by atomic mass is 9.95. The number of fused-ring (bicyclic) bond motifs is 1.